The van der Waals surface area contributed by atoms with Gasteiger partial charge < -0.3 is 10.2 Å². The fraction of sp³-hybridized carbons (Fsp3) is 0.417. The molecule has 0 saturated heterocycles. The smallest absolute Gasteiger partial charge is 0.243 e. The van der Waals surface area contributed by atoms with E-state index >= 15 is 0 Å². The molecule has 0 saturated carbocycles. The van der Waals surface area contributed by atoms with Crippen LogP contribution in [-0.2, 0) is 26.0 Å². The van der Waals surface area contributed by atoms with E-state index in [-0.39, 0.29) is 23.4 Å². The van der Waals surface area contributed by atoms with Crippen molar-refractivity contribution in [2.24, 2.45) is 0 Å². The van der Waals surface area contributed by atoms with E-state index < -0.39 is 22.0 Å². The first-order valence-electron chi connectivity index (χ1n) is 10.9. The number of likely N-dealkylation sites (N-methyl/N-ethyl adjacent to an activating group) is 1. The molecule has 2 amide bonds. The minimum absolute atomic E-state index is 0.0441. The first-order chi connectivity index (χ1) is 15.6. The fourth-order valence-corrected chi connectivity index (χ4v) is 4.68. The van der Waals surface area contributed by atoms with Crippen LogP contribution in [0.4, 0.5) is 0 Å². The highest BCUT2D eigenvalue weighted by atomic mass is 35.5. The number of sulfonamides is 1. The molecule has 0 fully saturated rings. The van der Waals surface area contributed by atoms with Gasteiger partial charge in [0, 0.05) is 24.7 Å². The average molecular weight is 494 g/mol. The van der Waals surface area contributed by atoms with Crippen molar-refractivity contribution in [3.05, 3.63) is 65.2 Å². The molecule has 2 rings (SSSR count). The highest BCUT2D eigenvalue weighted by Crippen LogP contribution is 2.18. The second kappa shape index (κ2) is 12.2. The Morgan fingerprint density at radius 2 is 1.64 bits per heavy atom. The molecule has 1 atom stereocenters. The van der Waals surface area contributed by atoms with Gasteiger partial charge in [-0.15, -0.1) is 0 Å². The zero-order chi connectivity index (χ0) is 24.6. The van der Waals surface area contributed by atoms with E-state index in [1.165, 1.54) is 36.2 Å². The number of nitrogens with one attached hydrogen (secondary N) is 1. The van der Waals surface area contributed by atoms with Crippen LogP contribution < -0.4 is 5.32 Å². The van der Waals surface area contributed by atoms with Gasteiger partial charge in [-0.1, -0.05) is 48.9 Å². The summed E-state index contributed by atoms with van der Waals surface area (Å²) in [5, 5.41) is 3.28. The van der Waals surface area contributed by atoms with Crippen LogP contribution in [0.15, 0.2) is 59.5 Å². The summed E-state index contributed by atoms with van der Waals surface area (Å²) in [6.07, 6.45) is 0.957. The van der Waals surface area contributed by atoms with Crippen LogP contribution in [0.2, 0.25) is 5.02 Å². The molecule has 0 aliphatic rings. The van der Waals surface area contributed by atoms with Crippen molar-refractivity contribution >= 4 is 33.4 Å². The third kappa shape index (κ3) is 7.55. The van der Waals surface area contributed by atoms with Crippen molar-refractivity contribution in [2.75, 3.05) is 20.1 Å². The third-order valence-electron chi connectivity index (χ3n) is 5.18. The summed E-state index contributed by atoms with van der Waals surface area (Å²) in [7, 11) is -2.54. The molecule has 33 heavy (non-hydrogen) atoms. The van der Waals surface area contributed by atoms with Gasteiger partial charge in [-0.2, -0.15) is 4.31 Å². The zero-order valence-electron chi connectivity index (χ0n) is 19.5. The maximum atomic E-state index is 13.3. The first-order valence-corrected chi connectivity index (χ1v) is 12.7. The Morgan fingerprint density at radius 1 is 1.03 bits per heavy atom. The lowest BCUT2D eigenvalue weighted by Crippen LogP contribution is -2.53. The van der Waals surface area contributed by atoms with Crippen molar-refractivity contribution in [1.82, 2.24) is 14.5 Å². The van der Waals surface area contributed by atoms with Crippen molar-refractivity contribution in [3.63, 3.8) is 0 Å². The Kier molecular flexibility index (Phi) is 9.88. The Morgan fingerprint density at radius 3 is 2.18 bits per heavy atom. The number of carbonyl (C=O) groups excluding carboxylic acids is 2. The number of carbonyl (C=O) groups is 2. The molecule has 0 aliphatic carbocycles. The van der Waals surface area contributed by atoms with Crippen LogP contribution in [0.5, 0.6) is 0 Å². The van der Waals surface area contributed by atoms with Gasteiger partial charge >= 0.3 is 0 Å². The highest BCUT2D eigenvalue weighted by molar-refractivity contribution is 7.89. The molecule has 0 heterocycles. The lowest BCUT2D eigenvalue weighted by Gasteiger charge is -2.32. The largest absolute Gasteiger partial charge is 0.352 e. The van der Waals surface area contributed by atoms with Gasteiger partial charge in [0.05, 0.1) is 11.4 Å². The molecular formula is C24H32ClN3O4S. The van der Waals surface area contributed by atoms with E-state index in [9.17, 15) is 18.0 Å². The monoisotopic (exact) mass is 493 g/mol. The molecule has 0 spiro atoms. The summed E-state index contributed by atoms with van der Waals surface area (Å²) in [6.45, 7) is 5.45. The minimum atomic E-state index is -3.90. The summed E-state index contributed by atoms with van der Waals surface area (Å²) in [4.78, 5) is 27.7. The zero-order valence-corrected chi connectivity index (χ0v) is 21.1. The Balaban J connectivity index is 2.25. The van der Waals surface area contributed by atoms with Crippen molar-refractivity contribution in [1.29, 1.82) is 0 Å². The van der Waals surface area contributed by atoms with E-state index in [1.54, 1.807) is 0 Å². The van der Waals surface area contributed by atoms with Gasteiger partial charge in [0.2, 0.25) is 21.8 Å². The maximum absolute atomic E-state index is 13.3. The quantitative estimate of drug-likeness (QED) is 0.520. The highest BCUT2D eigenvalue weighted by Gasteiger charge is 2.31. The maximum Gasteiger partial charge on any atom is 0.243 e. The summed E-state index contributed by atoms with van der Waals surface area (Å²) < 4.78 is 26.9. The molecule has 1 unspecified atom stereocenters. The first kappa shape index (κ1) is 26.8. The second-order valence-electron chi connectivity index (χ2n) is 8.13. The molecule has 180 valence electrons. The molecule has 1 N–H and O–H groups in total. The second-order valence-corrected chi connectivity index (χ2v) is 10.6. The Bertz CT molecular complexity index is 1030. The predicted molar refractivity (Wildman–Crippen MR) is 130 cm³/mol. The SMILES string of the molecule is CCC(C(=O)NC(C)C)N(CCc1ccccc1)C(=O)CN(C)S(=O)(=O)c1ccc(Cl)cc1. The average Bonchev–Trinajstić information content (AvgIpc) is 2.76. The van der Waals surface area contributed by atoms with Gasteiger partial charge in [0.1, 0.15) is 6.04 Å². The van der Waals surface area contributed by atoms with E-state index in [0.717, 1.165) is 9.87 Å². The standard InChI is InChI=1S/C24H32ClN3O4S/c1-5-22(24(30)26-18(2)3)28(16-15-19-9-7-6-8-10-19)23(29)17-27(4)33(31,32)21-13-11-20(25)12-14-21/h6-14,18,22H,5,15-17H2,1-4H3,(H,26,30). The minimum Gasteiger partial charge on any atom is -0.352 e. The third-order valence-corrected chi connectivity index (χ3v) is 7.25. The molecule has 0 aliphatic heterocycles. The van der Waals surface area contributed by atoms with Crippen LogP contribution in [0.3, 0.4) is 0 Å². The number of benzene rings is 2. The van der Waals surface area contributed by atoms with Crippen LogP contribution in [-0.4, -0.2) is 61.7 Å². The van der Waals surface area contributed by atoms with E-state index in [1.807, 2.05) is 51.1 Å². The van der Waals surface area contributed by atoms with Gasteiger partial charge in [-0.25, -0.2) is 8.42 Å². The van der Waals surface area contributed by atoms with E-state index in [4.69, 9.17) is 11.6 Å². The lowest BCUT2D eigenvalue weighted by molar-refractivity contribution is -0.140. The number of rotatable bonds is 11. The summed E-state index contributed by atoms with van der Waals surface area (Å²) in [5.41, 5.74) is 1.02. The Labute approximate surface area is 201 Å². The van der Waals surface area contributed by atoms with E-state index in [0.29, 0.717) is 24.4 Å². The van der Waals surface area contributed by atoms with Crippen LogP contribution >= 0.6 is 11.6 Å². The Hall–Kier alpha value is -2.42. The number of nitrogens with zero attached hydrogens (tertiary/aromatic N) is 2. The van der Waals surface area contributed by atoms with Crippen LogP contribution in [0.1, 0.15) is 32.8 Å². The molecule has 7 nitrogen and oxygen atoms in total. The van der Waals surface area contributed by atoms with Gasteiger partial charge in [-0.05, 0) is 56.5 Å². The van der Waals surface area contributed by atoms with Gasteiger partial charge in [0.25, 0.3) is 0 Å². The summed E-state index contributed by atoms with van der Waals surface area (Å²) in [5.74, 6) is -0.686. The predicted octanol–water partition coefficient (Wildman–Crippen LogP) is 3.34. The lowest BCUT2D eigenvalue weighted by atomic mass is 10.1. The molecular weight excluding hydrogens is 462 g/mol. The number of halogens is 1. The van der Waals surface area contributed by atoms with Gasteiger partial charge in [0.15, 0.2) is 0 Å². The molecule has 0 radical (unpaired) electrons. The summed E-state index contributed by atoms with van der Waals surface area (Å²) in [6, 6.07) is 14.6. The topological polar surface area (TPSA) is 86.8 Å². The number of amides is 2. The van der Waals surface area contributed by atoms with Crippen LogP contribution in [0, 0.1) is 0 Å². The van der Waals surface area contributed by atoms with Crippen molar-refractivity contribution < 1.29 is 18.0 Å². The summed E-state index contributed by atoms with van der Waals surface area (Å²) >= 11 is 5.86. The van der Waals surface area contributed by atoms with Gasteiger partial charge in [-0.3, -0.25) is 9.59 Å². The van der Waals surface area contributed by atoms with Crippen LogP contribution in [0.25, 0.3) is 0 Å². The number of hydrogen-bond acceptors (Lipinski definition) is 4. The molecule has 2 aromatic rings. The fourth-order valence-electron chi connectivity index (χ4n) is 3.43. The number of hydrogen-bond donors (Lipinski definition) is 1. The van der Waals surface area contributed by atoms with Crippen molar-refractivity contribution in [2.45, 2.75) is 50.6 Å². The van der Waals surface area contributed by atoms with Crippen molar-refractivity contribution in [3.8, 4) is 0 Å². The normalized spacial score (nSPS) is 12.6. The molecule has 2 aromatic carbocycles. The molecule has 0 aromatic heterocycles. The molecule has 9 heteroatoms. The molecule has 0 bridgehead atoms. The van der Waals surface area contributed by atoms with E-state index in [2.05, 4.69) is 5.32 Å².